The Bertz CT molecular complexity index is 577. The van der Waals surface area contributed by atoms with Crippen LogP contribution in [-0.4, -0.2) is 60.2 Å². The molecule has 2 rings (SSSR count). The second kappa shape index (κ2) is 7.73. The number of hydrogen-bond acceptors (Lipinski definition) is 4. The van der Waals surface area contributed by atoms with Crippen LogP contribution in [0.4, 0.5) is 11.4 Å². The van der Waals surface area contributed by atoms with E-state index in [2.05, 4.69) is 10.6 Å². The molecule has 23 heavy (non-hydrogen) atoms. The summed E-state index contributed by atoms with van der Waals surface area (Å²) in [6.45, 7) is 6.04. The second-order valence-electron chi connectivity index (χ2n) is 5.59. The molecule has 0 spiro atoms. The highest BCUT2D eigenvalue weighted by Gasteiger charge is 2.20. The van der Waals surface area contributed by atoms with E-state index in [1.807, 2.05) is 4.90 Å². The number of nitrogens with zero attached hydrogens (tertiary/aromatic N) is 2. The second-order valence-corrected chi connectivity index (χ2v) is 5.59. The van der Waals surface area contributed by atoms with Gasteiger partial charge in [0.25, 0.3) is 0 Å². The number of carbonyl (C=O) groups excluding carboxylic acids is 3. The molecule has 0 aliphatic carbocycles. The van der Waals surface area contributed by atoms with Crippen molar-refractivity contribution in [2.24, 2.45) is 0 Å². The van der Waals surface area contributed by atoms with E-state index in [0.29, 0.717) is 44.1 Å². The van der Waals surface area contributed by atoms with Gasteiger partial charge in [-0.2, -0.15) is 0 Å². The van der Waals surface area contributed by atoms with Crippen molar-refractivity contribution in [3.63, 3.8) is 0 Å². The van der Waals surface area contributed by atoms with E-state index in [9.17, 15) is 14.4 Å². The fraction of sp³-hybridized carbons (Fsp3) is 0.438. The molecule has 1 heterocycles. The molecule has 7 heteroatoms. The van der Waals surface area contributed by atoms with Gasteiger partial charge >= 0.3 is 0 Å². The standard InChI is InChI=1S/C16H22N4O3/c1-12(21)17-14-3-5-15(6-4-14)18-16(23)11-19-7-9-20(10-8-19)13(2)22/h3-6H,7-11H2,1-2H3,(H,17,21)(H,18,23). The molecule has 1 aliphatic heterocycles. The number of rotatable bonds is 4. The SMILES string of the molecule is CC(=O)Nc1ccc(NC(=O)CN2CCN(C(C)=O)CC2)cc1. The van der Waals surface area contributed by atoms with Crippen molar-refractivity contribution in [1.29, 1.82) is 0 Å². The molecule has 1 aromatic rings. The normalized spacial score (nSPS) is 15.1. The number of piperazine rings is 1. The zero-order valence-corrected chi connectivity index (χ0v) is 13.5. The molecule has 124 valence electrons. The molecule has 1 aromatic carbocycles. The third-order valence-corrected chi connectivity index (χ3v) is 3.67. The summed E-state index contributed by atoms with van der Waals surface area (Å²) in [4.78, 5) is 38.1. The average molecular weight is 318 g/mol. The molecule has 0 saturated carbocycles. The van der Waals surface area contributed by atoms with Crippen LogP contribution in [0.5, 0.6) is 0 Å². The molecule has 0 bridgehead atoms. The van der Waals surface area contributed by atoms with E-state index in [4.69, 9.17) is 0 Å². The van der Waals surface area contributed by atoms with Crippen molar-refractivity contribution in [2.45, 2.75) is 13.8 Å². The number of carbonyl (C=O) groups is 3. The lowest BCUT2D eigenvalue weighted by molar-refractivity contribution is -0.130. The van der Waals surface area contributed by atoms with Crippen molar-refractivity contribution < 1.29 is 14.4 Å². The van der Waals surface area contributed by atoms with E-state index in [-0.39, 0.29) is 17.7 Å². The summed E-state index contributed by atoms with van der Waals surface area (Å²) in [5, 5.41) is 5.50. The summed E-state index contributed by atoms with van der Waals surface area (Å²) < 4.78 is 0. The highest BCUT2D eigenvalue weighted by molar-refractivity contribution is 5.93. The number of amides is 3. The van der Waals surface area contributed by atoms with Crippen molar-refractivity contribution in [1.82, 2.24) is 9.80 Å². The molecule has 0 radical (unpaired) electrons. The molecule has 0 aromatic heterocycles. The molecule has 3 amide bonds. The lowest BCUT2D eigenvalue weighted by Gasteiger charge is -2.33. The van der Waals surface area contributed by atoms with Crippen molar-refractivity contribution in [2.75, 3.05) is 43.4 Å². The largest absolute Gasteiger partial charge is 0.340 e. The smallest absolute Gasteiger partial charge is 0.238 e. The summed E-state index contributed by atoms with van der Waals surface area (Å²) in [6, 6.07) is 6.97. The van der Waals surface area contributed by atoms with Gasteiger partial charge in [-0.25, -0.2) is 0 Å². The van der Waals surface area contributed by atoms with E-state index in [0.717, 1.165) is 0 Å². The zero-order valence-electron chi connectivity index (χ0n) is 13.5. The highest BCUT2D eigenvalue weighted by Crippen LogP contribution is 2.13. The van der Waals surface area contributed by atoms with Crippen LogP contribution in [0.3, 0.4) is 0 Å². The minimum absolute atomic E-state index is 0.0772. The number of anilines is 2. The first-order valence-corrected chi connectivity index (χ1v) is 7.59. The Labute approximate surface area is 135 Å². The Balaban J connectivity index is 1.79. The molecule has 2 N–H and O–H groups in total. The van der Waals surface area contributed by atoms with Gasteiger partial charge < -0.3 is 15.5 Å². The van der Waals surface area contributed by atoms with Gasteiger partial charge in [0.15, 0.2) is 0 Å². The first kappa shape index (κ1) is 17.0. The Morgan fingerprint density at radius 2 is 1.43 bits per heavy atom. The van der Waals surface area contributed by atoms with E-state index in [1.54, 1.807) is 36.1 Å². The summed E-state index contributed by atoms with van der Waals surface area (Å²) in [6.07, 6.45) is 0. The predicted molar refractivity (Wildman–Crippen MR) is 88.1 cm³/mol. The lowest BCUT2D eigenvalue weighted by Crippen LogP contribution is -2.49. The number of nitrogens with one attached hydrogen (secondary N) is 2. The van der Waals surface area contributed by atoms with Gasteiger partial charge in [-0.15, -0.1) is 0 Å². The Morgan fingerprint density at radius 3 is 1.91 bits per heavy atom. The fourth-order valence-electron chi connectivity index (χ4n) is 2.46. The monoisotopic (exact) mass is 318 g/mol. The van der Waals surface area contributed by atoms with Crippen molar-refractivity contribution in [3.8, 4) is 0 Å². The van der Waals surface area contributed by atoms with E-state index < -0.39 is 0 Å². The van der Waals surface area contributed by atoms with Gasteiger partial charge in [-0.3, -0.25) is 19.3 Å². The van der Waals surface area contributed by atoms with Crippen LogP contribution in [0.25, 0.3) is 0 Å². The molecular formula is C16H22N4O3. The maximum atomic E-state index is 12.1. The average Bonchev–Trinajstić information content (AvgIpc) is 2.49. The summed E-state index contributed by atoms with van der Waals surface area (Å²) in [5.74, 6) is -0.145. The lowest BCUT2D eigenvalue weighted by atomic mass is 10.2. The molecule has 1 saturated heterocycles. The highest BCUT2D eigenvalue weighted by atomic mass is 16.2. The molecule has 1 aliphatic rings. The zero-order chi connectivity index (χ0) is 16.8. The maximum Gasteiger partial charge on any atom is 0.238 e. The van der Waals surface area contributed by atoms with E-state index >= 15 is 0 Å². The van der Waals surface area contributed by atoms with Crippen LogP contribution in [-0.2, 0) is 14.4 Å². The van der Waals surface area contributed by atoms with Crippen LogP contribution in [0.2, 0.25) is 0 Å². The number of hydrogen-bond donors (Lipinski definition) is 2. The molecule has 7 nitrogen and oxygen atoms in total. The first-order chi connectivity index (χ1) is 10.9. The van der Waals surface area contributed by atoms with Crippen LogP contribution in [0.1, 0.15) is 13.8 Å². The molecule has 0 atom stereocenters. The third-order valence-electron chi connectivity index (χ3n) is 3.67. The molecule has 1 fully saturated rings. The third kappa shape index (κ3) is 5.37. The fourth-order valence-corrected chi connectivity index (χ4v) is 2.46. The van der Waals surface area contributed by atoms with Gasteiger partial charge in [0, 0.05) is 51.4 Å². The Morgan fingerprint density at radius 1 is 0.913 bits per heavy atom. The molecular weight excluding hydrogens is 296 g/mol. The topological polar surface area (TPSA) is 81.8 Å². The van der Waals surface area contributed by atoms with Crippen LogP contribution < -0.4 is 10.6 Å². The van der Waals surface area contributed by atoms with Crippen LogP contribution in [0.15, 0.2) is 24.3 Å². The maximum absolute atomic E-state index is 12.1. The Kier molecular flexibility index (Phi) is 5.70. The van der Waals surface area contributed by atoms with Crippen molar-refractivity contribution in [3.05, 3.63) is 24.3 Å². The van der Waals surface area contributed by atoms with Gasteiger partial charge in [-0.05, 0) is 24.3 Å². The Hall–Kier alpha value is -2.41. The minimum atomic E-state index is -0.133. The minimum Gasteiger partial charge on any atom is -0.340 e. The first-order valence-electron chi connectivity index (χ1n) is 7.59. The summed E-state index contributed by atoms with van der Waals surface area (Å²) in [5.41, 5.74) is 1.38. The van der Waals surface area contributed by atoms with Crippen molar-refractivity contribution >= 4 is 29.1 Å². The van der Waals surface area contributed by atoms with Gasteiger partial charge in [0.2, 0.25) is 17.7 Å². The quantitative estimate of drug-likeness (QED) is 0.858. The van der Waals surface area contributed by atoms with Gasteiger partial charge in [-0.1, -0.05) is 0 Å². The van der Waals surface area contributed by atoms with E-state index in [1.165, 1.54) is 6.92 Å². The van der Waals surface area contributed by atoms with Crippen LogP contribution >= 0.6 is 0 Å². The van der Waals surface area contributed by atoms with Crippen LogP contribution in [0, 0.1) is 0 Å². The summed E-state index contributed by atoms with van der Waals surface area (Å²) in [7, 11) is 0. The number of benzene rings is 1. The molecule has 0 unspecified atom stereocenters. The predicted octanol–water partition coefficient (Wildman–Crippen LogP) is 0.748. The van der Waals surface area contributed by atoms with Gasteiger partial charge in [0.1, 0.15) is 0 Å². The van der Waals surface area contributed by atoms with Gasteiger partial charge in [0.05, 0.1) is 6.54 Å². The summed E-state index contributed by atoms with van der Waals surface area (Å²) >= 11 is 0.